The molecule has 0 aromatic heterocycles. The van der Waals surface area contributed by atoms with Gasteiger partial charge in [0.15, 0.2) is 15.8 Å². The SMILES string of the molecule is I.O=S1(=O)CCOC(CN=C(Nc2ccccc2)N2CCCCC2)C1. The zero-order valence-electron chi connectivity index (χ0n) is 14.3. The van der Waals surface area contributed by atoms with Crippen molar-refractivity contribution >= 4 is 45.5 Å². The fourth-order valence-electron chi connectivity index (χ4n) is 3.02. The molecule has 140 valence electrons. The van der Waals surface area contributed by atoms with Crippen molar-refractivity contribution in [2.24, 2.45) is 4.99 Å². The number of para-hydroxylation sites is 1. The van der Waals surface area contributed by atoms with Gasteiger partial charge in [-0.25, -0.2) is 8.42 Å². The minimum atomic E-state index is -2.99. The van der Waals surface area contributed by atoms with Gasteiger partial charge in [-0.05, 0) is 31.4 Å². The van der Waals surface area contributed by atoms with Crippen LogP contribution in [0, 0.1) is 0 Å². The van der Waals surface area contributed by atoms with Crippen LogP contribution in [0.3, 0.4) is 0 Å². The third kappa shape index (κ3) is 6.41. The predicted octanol–water partition coefficient (Wildman–Crippen LogP) is 2.37. The summed E-state index contributed by atoms with van der Waals surface area (Å²) in [5.41, 5.74) is 0.985. The first kappa shape index (κ1) is 20.4. The number of piperidine rings is 1. The molecule has 0 radical (unpaired) electrons. The van der Waals surface area contributed by atoms with Gasteiger partial charge in [0.2, 0.25) is 0 Å². The number of benzene rings is 1. The van der Waals surface area contributed by atoms with E-state index in [4.69, 9.17) is 4.74 Å². The fraction of sp³-hybridized carbons (Fsp3) is 0.588. The lowest BCUT2D eigenvalue weighted by molar-refractivity contribution is 0.0781. The second kappa shape index (κ2) is 9.72. The zero-order chi connectivity index (χ0) is 16.8. The molecule has 8 heteroatoms. The molecule has 0 aliphatic carbocycles. The maximum absolute atomic E-state index is 11.7. The highest BCUT2D eigenvalue weighted by atomic mass is 127. The van der Waals surface area contributed by atoms with E-state index >= 15 is 0 Å². The van der Waals surface area contributed by atoms with E-state index in [-0.39, 0.29) is 48.2 Å². The average Bonchev–Trinajstić information content (AvgIpc) is 2.59. The Bertz CT molecular complexity index is 661. The molecule has 0 amide bonds. The minimum Gasteiger partial charge on any atom is -0.374 e. The van der Waals surface area contributed by atoms with Crippen LogP contribution in [-0.2, 0) is 14.6 Å². The van der Waals surface area contributed by atoms with E-state index in [0.717, 1.165) is 37.6 Å². The molecular weight excluding hydrogens is 453 g/mol. The van der Waals surface area contributed by atoms with Crippen molar-refractivity contribution in [3.8, 4) is 0 Å². The molecule has 1 unspecified atom stereocenters. The minimum absolute atomic E-state index is 0. The Hall–Kier alpha value is -0.870. The van der Waals surface area contributed by atoms with Crippen LogP contribution in [0.1, 0.15) is 19.3 Å². The van der Waals surface area contributed by atoms with Crippen LogP contribution in [0.25, 0.3) is 0 Å². The molecule has 2 heterocycles. The van der Waals surface area contributed by atoms with Gasteiger partial charge >= 0.3 is 0 Å². The van der Waals surface area contributed by atoms with Crippen molar-refractivity contribution < 1.29 is 13.2 Å². The molecule has 6 nitrogen and oxygen atoms in total. The fourth-order valence-corrected chi connectivity index (χ4v) is 4.31. The van der Waals surface area contributed by atoms with Crippen LogP contribution >= 0.6 is 24.0 Å². The molecule has 1 aromatic rings. The van der Waals surface area contributed by atoms with E-state index in [0.29, 0.717) is 6.54 Å². The van der Waals surface area contributed by atoms with E-state index in [9.17, 15) is 8.42 Å². The van der Waals surface area contributed by atoms with Gasteiger partial charge in [0.25, 0.3) is 0 Å². The Balaban J connectivity index is 0.00000225. The number of hydrogen-bond donors (Lipinski definition) is 1. The first-order valence-corrected chi connectivity index (χ1v) is 10.4. The van der Waals surface area contributed by atoms with E-state index in [2.05, 4.69) is 15.2 Å². The monoisotopic (exact) mass is 479 g/mol. The summed E-state index contributed by atoms with van der Waals surface area (Å²) in [6.07, 6.45) is 3.22. The Kier molecular flexibility index (Phi) is 7.95. The molecule has 0 saturated carbocycles. The van der Waals surface area contributed by atoms with Crippen LogP contribution in [-0.4, -0.2) is 63.1 Å². The molecule has 0 bridgehead atoms. The van der Waals surface area contributed by atoms with Gasteiger partial charge < -0.3 is 15.0 Å². The number of ether oxygens (including phenoxy) is 1. The summed E-state index contributed by atoms with van der Waals surface area (Å²) in [6.45, 7) is 2.59. The summed E-state index contributed by atoms with van der Waals surface area (Å²) in [4.78, 5) is 6.92. The highest BCUT2D eigenvalue weighted by molar-refractivity contribution is 14.0. The number of rotatable bonds is 3. The maximum atomic E-state index is 11.7. The quantitative estimate of drug-likeness (QED) is 0.410. The normalized spacial score (nSPS) is 23.6. The third-order valence-corrected chi connectivity index (χ3v) is 5.99. The lowest BCUT2D eigenvalue weighted by atomic mass is 10.1. The van der Waals surface area contributed by atoms with Gasteiger partial charge in [-0.1, -0.05) is 18.2 Å². The third-order valence-electron chi connectivity index (χ3n) is 4.32. The molecule has 1 N–H and O–H groups in total. The maximum Gasteiger partial charge on any atom is 0.198 e. The summed E-state index contributed by atoms with van der Waals surface area (Å²) in [5, 5.41) is 3.38. The van der Waals surface area contributed by atoms with E-state index in [1.54, 1.807) is 0 Å². The molecule has 2 fully saturated rings. The van der Waals surface area contributed by atoms with Crippen LogP contribution in [0.5, 0.6) is 0 Å². The van der Waals surface area contributed by atoms with Gasteiger partial charge in [0.05, 0.1) is 30.8 Å². The lowest BCUT2D eigenvalue weighted by Crippen LogP contribution is -2.41. The second-order valence-electron chi connectivity index (χ2n) is 6.31. The average molecular weight is 479 g/mol. The molecule has 1 atom stereocenters. The number of anilines is 1. The first-order valence-electron chi connectivity index (χ1n) is 8.56. The molecule has 2 saturated heterocycles. The molecule has 0 spiro atoms. The van der Waals surface area contributed by atoms with E-state index in [1.165, 1.54) is 6.42 Å². The summed E-state index contributed by atoms with van der Waals surface area (Å²) >= 11 is 0. The van der Waals surface area contributed by atoms with E-state index < -0.39 is 9.84 Å². The van der Waals surface area contributed by atoms with Gasteiger partial charge in [-0.3, -0.25) is 4.99 Å². The Morgan fingerprint density at radius 3 is 2.60 bits per heavy atom. The topological polar surface area (TPSA) is 71.0 Å². The molecule has 1 aromatic carbocycles. The van der Waals surface area contributed by atoms with Crippen molar-refractivity contribution in [3.63, 3.8) is 0 Å². The largest absolute Gasteiger partial charge is 0.374 e. The molecular formula is C17H26IN3O3S. The van der Waals surface area contributed by atoms with Gasteiger partial charge in [0, 0.05) is 18.8 Å². The summed E-state index contributed by atoms with van der Waals surface area (Å²) in [5.74, 6) is 0.997. The number of guanidine groups is 1. The van der Waals surface area contributed by atoms with Crippen molar-refractivity contribution in [2.45, 2.75) is 25.4 Å². The summed E-state index contributed by atoms with van der Waals surface area (Å²) in [7, 11) is -2.99. The van der Waals surface area contributed by atoms with Crippen molar-refractivity contribution in [1.82, 2.24) is 4.90 Å². The number of likely N-dealkylation sites (tertiary alicyclic amines) is 1. The van der Waals surface area contributed by atoms with Crippen molar-refractivity contribution in [3.05, 3.63) is 30.3 Å². The smallest absolute Gasteiger partial charge is 0.198 e. The second-order valence-corrected chi connectivity index (χ2v) is 8.54. The zero-order valence-corrected chi connectivity index (χ0v) is 17.4. The number of nitrogens with one attached hydrogen (secondary N) is 1. The standard InChI is InChI=1S/C17H25N3O3S.HI/c21-24(22)12-11-23-16(14-24)13-18-17(20-9-5-2-6-10-20)19-15-7-3-1-4-8-15;/h1,3-4,7-8,16H,2,5-6,9-14H2,(H,18,19);1H. The Morgan fingerprint density at radius 1 is 1.20 bits per heavy atom. The predicted molar refractivity (Wildman–Crippen MR) is 112 cm³/mol. The number of aliphatic imine (C=N–C) groups is 1. The number of sulfone groups is 1. The number of halogens is 1. The van der Waals surface area contributed by atoms with Gasteiger partial charge in [0.1, 0.15) is 0 Å². The summed E-state index contributed by atoms with van der Waals surface area (Å²) in [6, 6.07) is 9.94. The van der Waals surface area contributed by atoms with Crippen molar-refractivity contribution in [1.29, 1.82) is 0 Å². The lowest BCUT2D eigenvalue weighted by Gasteiger charge is -2.31. The van der Waals surface area contributed by atoms with Crippen molar-refractivity contribution in [2.75, 3.05) is 43.1 Å². The highest BCUT2D eigenvalue weighted by Crippen LogP contribution is 2.14. The van der Waals surface area contributed by atoms with Crippen LogP contribution in [0.4, 0.5) is 5.69 Å². The summed E-state index contributed by atoms with van der Waals surface area (Å²) < 4.78 is 29.1. The van der Waals surface area contributed by atoms with E-state index in [1.807, 2.05) is 30.3 Å². The Morgan fingerprint density at radius 2 is 1.92 bits per heavy atom. The van der Waals surface area contributed by atoms with Gasteiger partial charge in [-0.2, -0.15) is 0 Å². The molecule has 2 aliphatic rings. The first-order chi connectivity index (χ1) is 11.6. The molecule has 2 aliphatic heterocycles. The molecule has 3 rings (SSSR count). The van der Waals surface area contributed by atoms with Crippen LogP contribution in [0.2, 0.25) is 0 Å². The number of hydrogen-bond acceptors (Lipinski definition) is 4. The van der Waals surface area contributed by atoms with Crippen LogP contribution < -0.4 is 5.32 Å². The number of nitrogens with zero attached hydrogens (tertiary/aromatic N) is 2. The Labute approximate surface area is 167 Å². The highest BCUT2D eigenvalue weighted by Gasteiger charge is 2.25. The van der Waals surface area contributed by atoms with Crippen LogP contribution in [0.15, 0.2) is 35.3 Å². The van der Waals surface area contributed by atoms with Gasteiger partial charge in [-0.15, -0.1) is 24.0 Å². The molecule has 25 heavy (non-hydrogen) atoms.